The molecule has 1 rings (SSSR count). The van der Waals surface area contributed by atoms with Crippen LogP contribution in [-0.4, -0.2) is 11.8 Å². The van der Waals surface area contributed by atoms with Gasteiger partial charge in [0.1, 0.15) is 0 Å². The van der Waals surface area contributed by atoms with Gasteiger partial charge in [-0.3, -0.25) is 4.79 Å². The topological polar surface area (TPSA) is 29.1 Å². The number of hydrogen-bond acceptors (Lipinski definition) is 1. The fourth-order valence-corrected chi connectivity index (χ4v) is 1.59. The molecule has 1 aromatic carbocycles. The number of alkyl halides is 4. The van der Waals surface area contributed by atoms with E-state index in [4.69, 9.17) is 11.6 Å². The lowest BCUT2D eigenvalue weighted by atomic mass is 10.1. The molecule has 0 spiro atoms. The van der Waals surface area contributed by atoms with Crippen molar-refractivity contribution in [2.75, 3.05) is 11.2 Å². The molecule has 0 aliphatic carbocycles. The molecule has 0 unspecified atom stereocenters. The number of nitrogens with one attached hydrogen (secondary N) is 1. The van der Waals surface area contributed by atoms with E-state index in [1.54, 1.807) is 0 Å². The minimum atomic E-state index is -4.42. The molecule has 1 aromatic rings. The van der Waals surface area contributed by atoms with Gasteiger partial charge >= 0.3 is 6.18 Å². The van der Waals surface area contributed by atoms with Crippen LogP contribution >= 0.6 is 11.6 Å². The summed E-state index contributed by atoms with van der Waals surface area (Å²) in [4.78, 5) is 11.4. The Kier molecular flexibility index (Phi) is 5.02. The Morgan fingerprint density at radius 2 is 2.06 bits per heavy atom. The zero-order chi connectivity index (χ0) is 13.8. The SMILES string of the molecule is Cc1ccc(NC(=O)CCCCl)cc1C(F)(F)F. The minimum Gasteiger partial charge on any atom is -0.326 e. The maximum Gasteiger partial charge on any atom is 0.416 e. The fourth-order valence-electron chi connectivity index (χ4n) is 1.46. The number of benzene rings is 1. The van der Waals surface area contributed by atoms with Gasteiger partial charge in [0.05, 0.1) is 5.56 Å². The van der Waals surface area contributed by atoms with E-state index >= 15 is 0 Å². The summed E-state index contributed by atoms with van der Waals surface area (Å²) in [6.45, 7) is 1.38. The van der Waals surface area contributed by atoms with Crippen LogP contribution in [0.25, 0.3) is 0 Å². The molecule has 0 bridgehead atoms. The molecule has 1 amide bonds. The highest BCUT2D eigenvalue weighted by Crippen LogP contribution is 2.33. The van der Waals surface area contributed by atoms with Crippen molar-refractivity contribution in [3.8, 4) is 0 Å². The highest BCUT2D eigenvalue weighted by Gasteiger charge is 2.32. The Morgan fingerprint density at radius 3 is 2.61 bits per heavy atom. The van der Waals surface area contributed by atoms with Crippen molar-refractivity contribution in [3.05, 3.63) is 29.3 Å². The number of carbonyl (C=O) groups excluding carboxylic acids is 1. The third kappa shape index (κ3) is 4.22. The molecule has 0 heterocycles. The van der Waals surface area contributed by atoms with Crippen LogP contribution in [0.4, 0.5) is 18.9 Å². The summed E-state index contributed by atoms with van der Waals surface area (Å²) >= 11 is 5.43. The predicted octanol–water partition coefficient (Wildman–Crippen LogP) is 3.97. The molecule has 2 nitrogen and oxygen atoms in total. The number of carbonyl (C=O) groups is 1. The van der Waals surface area contributed by atoms with Crippen LogP contribution in [0.2, 0.25) is 0 Å². The summed E-state index contributed by atoms with van der Waals surface area (Å²) in [6.07, 6.45) is -3.73. The largest absolute Gasteiger partial charge is 0.416 e. The van der Waals surface area contributed by atoms with Gasteiger partial charge in [0.25, 0.3) is 0 Å². The molecule has 0 atom stereocenters. The third-order valence-corrected chi connectivity index (χ3v) is 2.63. The normalized spacial score (nSPS) is 11.4. The molecule has 6 heteroatoms. The van der Waals surface area contributed by atoms with Gasteiger partial charge in [0.15, 0.2) is 0 Å². The van der Waals surface area contributed by atoms with Crippen LogP contribution in [0.1, 0.15) is 24.0 Å². The van der Waals surface area contributed by atoms with E-state index in [9.17, 15) is 18.0 Å². The summed E-state index contributed by atoms with van der Waals surface area (Å²) in [7, 11) is 0. The molecular weight excluding hydrogens is 267 g/mol. The molecule has 0 aromatic heterocycles. The van der Waals surface area contributed by atoms with E-state index in [-0.39, 0.29) is 23.6 Å². The Labute approximate surface area is 108 Å². The zero-order valence-electron chi connectivity index (χ0n) is 9.77. The molecule has 100 valence electrons. The van der Waals surface area contributed by atoms with Crippen molar-refractivity contribution in [3.63, 3.8) is 0 Å². The van der Waals surface area contributed by atoms with Crippen molar-refractivity contribution >= 4 is 23.2 Å². The second kappa shape index (κ2) is 6.09. The highest BCUT2D eigenvalue weighted by molar-refractivity contribution is 6.18. The van der Waals surface area contributed by atoms with Gasteiger partial charge in [-0.25, -0.2) is 0 Å². The van der Waals surface area contributed by atoms with Crippen LogP contribution < -0.4 is 5.32 Å². The quantitative estimate of drug-likeness (QED) is 0.830. The van der Waals surface area contributed by atoms with Crippen LogP contribution in [0.5, 0.6) is 0 Å². The second-order valence-electron chi connectivity index (χ2n) is 3.87. The summed E-state index contributed by atoms with van der Waals surface area (Å²) in [5.74, 6) is 0.00222. The summed E-state index contributed by atoms with van der Waals surface area (Å²) in [5, 5.41) is 2.42. The lowest BCUT2D eigenvalue weighted by Gasteiger charge is -2.12. The maximum absolute atomic E-state index is 12.6. The summed E-state index contributed by atoms with van der Waals surface area (Å²) < 4.78 is 37.9. The monoisotopic (exact) mass is 279 g/mol. The van der Waals surface area contributed by atoms with Crippen molar-refractivity contribution in [1.29, 1.82) is 0 Å². The van der Waals surface area contributed by atoms with Gasteiger partial charge in [0, 0.05) is 18.0 Å². The van der Waals surface area contributed by atoms with Crippen LogP contribution in [0.15, 0.2) is 18.2 Å². The van der Waals surface area contributed by atoms with Crippen molar-refractivity contribution in [2.45, 2.75) is 25.9 Å². The Bertz CT molecular complexity index is 432. The average Bonchev–Trinajstić information content (AvgIpc) is 2.27. The van der Waals surface area contributed by atoms with Gasteiger partial charge in [-0.1, -0.05) is 6.07 Å². The van der Waals surface area contributed by atoms with Gasteiger partial charge < -0.3 is 5.32 Å². The molecule has 1 N–H and O–H groups in total. The number of rotatable bonds is 4. The Hall–Kier alpha value is -1.23. The van der Waals surface area contributed by atoms with E-state index in [2.05, 4.69) is 5.32 Å². The summed E-state index contributed by atoms with van der Waals surface area (Å²) in [6, 6.07) is 3.72. The number of amides is 1. The molecule has 0 saturated carbocycles. The smallest absolute Gasteiger partial charge is 0.326 e. The van der Waals surface area contributed by atoms with Crippen molar-refractivity contribution in [2.24, 2.45) is 0 Å². The highest BCUT2D eigenvalue weighted by atomic mass is 35.5. The van der Waals surface area contributed by atoms with E-state index in [0.717, 1.165) is 6.07 Å². The predicted molar refractivity (Wildman–Crippen MR) is 64.8 cm³/mol. The van der Waals surface area contributed by atoms with Crippen molar-refractivity contribution < 1.29 is 18.0 Å². The fraction of sp³-hybridized carbons (Fsp3) is 0.417. The zero-order valence-corrected chi connectivity index (χ0v) is 10.5. The molecule has 0 aliphatic heterocycles. The third-order valence-electron chi connectivity index (χ3n) is 2.36. The molecular formula is C12H13ClF3NO. The minimum absolute atomic E-state index is 0.126. The number of halogens is 4. The Morgan fingerprint density at radius 1 is 1.39 bits per heavy atom. The van der Waals surface area contributed by atoms with Crippen molar-refractivity contribution in [1.82, 2.24) is 0 Å². The van der Waals surface area contributed by atoms with E-state index in [1.165, 1.54) is 19.1 Å². The second-order valence-corrected chi connectivity index (χ2v) is 4.25. The first kappa shape index (κ1) is 14.8. The standard InChI is InChI=1S/C12H13ClF3NO/c1-8-4-5-9(7-10(8)12(14,15)16)17-11(18)3-2-6-13/h4-5,7H,2-3,6H2,1H3,(H,17,18). The Balaban J connectivity index is 2.83. The first-order valence-electron chi connectivity index (χ1n) is 5.38. The maximum atomic E-state index is 12.6. The average molecular weight is 280 g/mol. The van der Waals surface area contributed by atoms with Gasteiger partial charge in [-0.2, -0.15) is 13.2 Å². The number of anilines is 1. The van der Waals surface area contributed by atoms with E-state index in [1.807, 2.05) is 0 Å². The van der Waals surface area contributed by atoms with Gasteiger partial charge in [-0.15, -0.1) is 11.6 Å². The first-order valence-corrected chi connectivity index (χ1v) is 5.91. The first-order chi connectivity index (χ1) is 8.34. The molecule has 18 heavy (non-hydrogen) atoms. The van der Waals surface area contributed by atoms with Crippen LogP contribution in [0, 0.1) is 6.92 Å². The lowest BCUT2D eigenvalue weighted by molar-refractivity contribution is -0.138. The number of hydrogen-bond donors (Lipinski definition) is 1. The van der Waals surface area contributed by atoms with E-state index in [0.29, 0.717) is 12.3 Å². The lowest BCUT2D eigenvalue weighted by Crippen LogP contribution is -2.13. The van der Waals surface area contributed by atoms with E-state index < -0.39 is 11.7 Å². The van der Waals surface area contributed by atoms with Gasteiger partial charge in [0.2, 0.25) is 5.91 Å². The van der Waals surface area contributed by atoms with Crippen LogP contribution in [-0.2, 0) is 11.0 Å². The van der Waals surface area contributed by atoms with Gasteiger partial charge in [-0.05, 0) is 31.0 Å². The molecule has 0 saturated heterocycles. The molecule has 0 radical (unpaired) electrons. The molecule has 0 fully saturated rings. The molecule has 0 aliphatic rings. The summed E-state index contributed by atoms with van der Waals surface area (Å²) in [5.41, 5.74) is -0.466. The van der Waals surface area contributed by atoms with Crippen LogP contribution in [0.3, 0.4) is 0 Å². The number of aryl methyl sites for hydroxylation is 1.